The summed E-state index contributed by atoms with van der Waals surface area (Å²) in [6.07, 6.45) is -0.100. The molecule has 7 heteroatoms. The Kier molecular flexibility index (Phi) is 3.46. The number of amides is 1. The standard InChI is InChI=1S/C15H10F2N2O3/c16-9-2-1-3-10(17)14(9)19-13(20)7-8-4-5-12-11(6-8)18-15(21)22-12/h1-6H,7H2,(H,18,21)(H,19,20). The fraction of sp³-hybridized carbons (Fsp3) is 0.0667. The number of H-pyrrole nitrogens is 1. The van der Waals surface area contributed by atoms with Crippen LogP contribution in [0.1, 0.15) is 5.56 Å². The Bertz CT molecular complexity index is 894. The van der Waals surface area contributed by atoms with Crippen LogP contribution < -0.4 is 11.1 Å². The second-order valence-corrected chi connectivity index (χ2v) is 4.67. The van der Waals surface area contributed by atoms with Gasteiger partial charge in [0.25, 0.3) is 0 Å². The van der Waals surface area contributed by atoms with E-state index in [0.29, 0.717) is 16.7 Å². The highest BCUT2D eigenvalue weighted by molar-refractivity contribution is 5.93. The summed E-state index contributed by atoms with van der Waals surface area (Å²) in [6.45, 7) is 0. The molecule has 0 atom stereocenters. The van der Waals surface area contributed by atoms with Crippen molar-refractivity contribution in [1.82, 2.24) is 4.98 Å². The summed E-state index contributed by atoms with van der Waals surface area (Å²) >= 11 is 0. The smallest absolute Gasteiger partial charge is 0.408 e. The Hall–Kier alpha value is -2.96. The van der Waals surface area contributed by atoms with Gasteiger partial charge in [0.1, 0.15) is 17.3 Å². The number of aromatic nitrogens is 1. The van der Waals surface area contributed by atoms with Gasteiger partial charge in [-0.05, 0) is 29.8 Å². The number of hydrogen-bond acceptors (Lipinski definition) is 3. The summed E-state index contributed by atoms with van der Waals surface area (Å²) in [5, 5.41) is 2.20. The lowest BCUT2D eigenvalue weighted by atomic mass is 10.1. The van der Waals surface area contributed by atoms with Crippen molar-refractivity contribution in [2.45, 2.75) is 6.42 Å². The molecule has 0 aliphatic rings. The van der Waals surface area contributed by atoms with Gasteiger partial charge in [0.15, 0.2) is 5.58 Å². The maximum absolute atomic E-state index is 13.5. The van der Waals surface area contributed by atoms with Gasteiger partial charge in [-0.3, -0.25) is 9.78 Å². The first-order valence-electron chi connectivity index (χ1n) is 6.38. The summed E-state index contributed by atoms with van der Waals surface area (Å²) in [5.41, 5.74) is 0.908. The number of rotatable bonds is 3. The molecule has 3 aromatic rings. The van der Waals surface area contributed by atoms with Crippen molar-refractivity contribution < 1.29 is 18.0 Å². The van der Waals surface area contributed by atoms with Crippen LogP contribution in [0, 0.1) is 11.6 Å². The Morgan fingerprint density at radius 1 is 1.18 bits per heavy atom. The minimum absolute atomic E-state index is 0.100. The maximum atomic E-state index is 13.5. The SMILES string of the molecule is O=C(Cc1ccc2oc(=O)[nH]c2c1)Nc1c(F)cccc1F. The number of para-hydroxylation sites is 1. The average Bonchev–Trinajstić information content (AvgIpc) is 2.82. The molecular weight excluding hydrogens is 294 g/mol. The summed E-state index contributed by atoms with van der Waals surface area (Å²) in [6, 6.07) is 8.03. The van der Waals surface area contributed by atoms with Gasteiger partial charge in [0.05, 0.1) is 11.9 Å². The summed E-state index contributed by atoms with van der Waals surface area (Å²) < 4.78 is 31.8. The van der Waals surface area contributed by atoms with Gasteiger partial charge in [-0.25, -0.2) is 13.6 Å². The summed E-state index contributed by atoms with van der Waals surface area (Å²) in [7, 11) is 0. The van der Waals surface area contributed by atoms with Crippen LogP contribution in [0.2, 0.25) is 0 Å². The van der Waals surface area contributed by atoms with Crippen LogP contribution in [0.5, 0.6) is 0 Å². The third-order valence-electron chi connectivity index (χ3n) is 3.08. The number of benzene rings is 2. The van der Waals surface area contributed by atoms with Gasteiger partial charge in [-0.1, -0.05) is 12.1 Å². The summed E-state index contributed by atoms with van der Waals surface area (Å²) in [4.78, 5) is 25.4. The molecule has 112 valence electrons. The Morgan fingerprint density at radius 2 is 1.91 bits per heavy atom. The van der Waals surface area contributed by atoms with Gasteiger partial charge < -0.3 is 9.73 Å². The van der Waals surface area contributed by atoms with Crippen LogP contribution in [0.15, 0.2) is 45.6 Å². The van der Waals surface area contributed by atoms with Crippen molar-refractivity contribution in [2.24, 2.45) is 0 Å². The molecule has 2 aromatic carbocycles. The topological polar surface area (TPSA) is 75.1 Å². The third kappa shape index (κ3) is 2.73. The number of nitrogens with one attached hydrogen (secondary N) is 2. The molecule has 22 heavy (non-hydrogen) atoms. The quantitative estimate of drug-likeness (QED) is 0.781. The van der Waals surface area contributed by atoms with E-state index in [1.54, 1.807) is 18.2 Å². The largest absolute Gasteiger partial charge is 0.417 e. The molecular formula is C15H10F2N2O3. The van der Waals surface area contributed by atoms with Crippen molar-refractivity contribution >= 4 is 22.7 Å². The van der Waals surface area contributed by atoms with E-state index in [9.17, 15) is 18.4 Å². The molecule has 1 heterocycles. The molecule has 0 bridgehead atoms. The van der Waals surface area contributed by atoms with Gasteiger partial charge in [-0.15, -0.1) is 0 Å². The van der Waals surface area contributed by atoms with Crippen LogP contribution >= 0.6 is 0 Å². The number of carbonyl (C=O) groups excluding carboxylic acids is 1. The number of halogens is 2. The highest BCUT2D eigenvalue weighted by Crippen LogP contribution is 2.19. The molecule has 0 saturated carbocycles. The van der Waals surface area contributed by atoms with E-state index < -0.39 is 29.0 Å². The third-order valence-corrected chi connectivity index (χ3v) is 3.08. The molecule has 3 rings (SSSR count). The molecule has 0 saturated heterocycles. The van der Waals surface area contributed by atoms with Crippen molar-refractivity contribution in [3.8, 4) is 0 Å². The molecule has 2 N–H and O–H groups in total. The summed E-state index contributed by atoms with van der Waals surface area (Å²) in [5.74, 6) is -2.86. The number of anilines is 1. The van der Waals surface area contributed by atoms with E-state index in [2.05, 4.69) is 10.3 Å². The van der Waals surface area contributed by atoms with E-state index in [-0.39, 0.29) is 6.42 Å². The zero-order chi connectivity index (χ0) is 15.7. The molecule has 0 aliphatic heterocycles. The number of oxazole rings is 1. The second kappa shape index (κ2) is 5.44. The van der Waals surface area contributed by atoms with Crippen molar-refractivity contribution in [3.05, 3.63) is 64.1 Å². The minimum Gasteiger partial charge on any atom is -0.408 e. The van der Waals surface area contributed by atoms with Gasteiger partial charge in [-0.2, -0.15) is 0 Å². The van der Waals surface area contributed by atoms with Crippen molar-refractivity contribution in [1.29, 1.82) is 0 Å². The van der Waals surface area contributed by atoms with E-state index in [1.807, 2.05) is 0 Å². The molecule has 0 radical (unpaired) electrons. The predicted octanol–water partition coefficient (Wildman–Crippen LogP) is 2.58. The molecule has 1 aromatic heterocycles. The Morgan fingerprint density at radius 3 is 2.64 bits per heavy atom. The fourth-order valence-electron chi connectivity index (χ4n) is 2.10. The lowest BCUT2D eigenvalue weighted by molar-refractivity contribution is -0.115. The first-order valence-corrected chi connectivity index (χ1v) is 6.38. The molecule has 0 spiro atoms. The lowest BCUT2D eigenvalue weighted by Crippen LogP contribution is -2.16. The molecule has 0 unspecified atom stereocenters. The average molecular weight is 304 g/mol. The lowest BCUT2D eigenvalue weighted by Gasteiger charge is -2.07. The molecule has 5 nitrogen and oxygen atoms in total. The zero-order valence-electron chi connectivity index (χ0n) is 11.2. The second-order valence-electron chi connectivity index (χ2n) is 4.67. The van der Waals surface area contributed by atoms with Crippen LogP contribution in [-0.4, -0.2) is 10.9 Å². The van der Waals surface area contributed by atoms with Crippen molar-refractivity contribution in [2.75, 3.05) is 5.32 Å². The van der Waals surface area contributed by atoms with Gasteiger partial charge in [0.2, 0.25) is 5.91 Å². The molecule has 1 amide bonds. The predicted molar refractivity (Wildman–Crippen MR) is 75.5 cm³/mol. The maximum Gasteiger partial charge on any atom is 0.417 e. The highest BCUT2D eigenvalue weighted by Gasteiger charge is 2.13. The van der Waals surface area contributed by atoms with Crippen molar-refractivity contribution in [3.63, 3.8) is 0 Å². The van der Waals surface area contributed by atoms with Gasteiger partial charge in [0, 0.05) is 0 Å². The van der Waals surface area contributed by atoms with E-state index in [0.717, 1.165) is 12.1 Å². The Balaban J connectivity index is 1.79. The minimum atomic E-state index is -0.844. The van der Waals surface area contributed by atoms with Crippen LogP contribution in [0.3, 0.4) is 0 Å². The molecule has 0 fully saturated rings. The van der Waals surface area contributed by atoms with Crippen LogP contribution in [0.4, 0.5) is 14.5 Å². The first kappa shape index (κ1) is 14.0. The van der Waals surface area contributed by atoms with E-state index >= 15 is 0 Å². The van der Waals surface area contributed by atoms with E-state index in [4.69, 9.17) is 4.42 Å². The number of fused-ring (bicyclic) bond motifs is 1. The molecule has 0 aliphatic carbocycles. The number of aromatic amines is 1. The zero-order valence-corrected chi connectivity index (χ0v) is 11.2. The highest BCUT2D eigenvalue weighted by atomic mass is 19.1. The van der Waals surface area contributed by atoms with Crippen LogP contribution in [-0.2, 0) is 11.2 Å². The number of carbonyl (C=O) groups is 1. The van der Waals surface area contributed by atoms with Gasteiger partial charge >= 0.3 is 5.76 Å². The van der Waals surface area contributed by atoms with Crippen LogP contribution in [0.25, 0.3) is 11.1 Å². The Labute approximate surface area is 122 Å². The number of hydrogen-bond donors (Lipinski definition) is 2. The first-order chi connectivity index (χ1) is 10.5. The monoisotopic (exact) mass is 304 g/mol. The van der Waals surface area contributed by atoms with E-state index in [1.165, 1.54) is 6.07 Å². The fourth-order valence-corrected chi connectivity index (χ4v) is 2.10. The normalized spacial score (nSPS) is 10.8.